The molecule has 1 aliphatic carbocycles. The highest BCUT2D eigenvalue weighted by molar-refractivity contribution is 7.89. The molecule has 1 unspecified atom stereocenters. The molecule has 10 heteroatoms. The molecule has 2 heterocycles. The Labute approximate surface area is 201 Å². The Bertz CT molecular complexity index is 1220. The van der Waals surface area contributed by atoms with Crippen LogP contribution in [0.25, 0.3) is 0 Å². The quantitative estimate of drug-likeness (QED) is 0.460. The highest BCUT2D eigenvalue weighted by Gasteiger charge is 2.27. The molecule has 7 nitrogen and oxygen atoms in total. The van der Waals surface area contributed by atoms with E-state index in [-0.39, 0.29) is 6.17 Å². The molecule has 4 rings (SSSR count). The number of hydrogen-bond donors (Lipinski definition) is 1. The number of rotatable bonds is 8. The average molecular weight is 486 g/mol. The lowest BCUT2D eigenvalue weighted by atomic mass is 9.95. The lowest BCUT2D eigenvalue weighted by Gasteiger charge is -2.28. The van der Waals surface area contributed by atoms with Crippen LogP contribution < -0.4 is 10.8 Å². The number of benzene rings is 1. The second-order valence-corrected chi connectivity index (χ2v) is 11.0. The van der Waals surface area contributed by atoms with E-state index in [0.717, 1.165) is 46.0 Å². The van der Waals surface area contributed by atoms with Crippen molar-refractivity contribution >= 4 is 46.5 Å². The van der Waals surface area contributed by atoms with E-state index < -0.39 is 10.0 Å². The van der Waals surface area contributed by atoms with E-state index in [2.05, 4.69) is 16.5 Å². The monoisotopic (exact) mass is 485 g/mol. The molecule has 0 spiro atoms. The van der Waals surface area contributed by atoms with Crippen molar-refractivity contribution < 1.29 is 8.42 Å². The van der Waals surface area contributed by atoms with Gasteiger partial charge in [0.05, 0.1) is 10.6 Å². The molecule has 0 fully saturated rings. The molecule has 1 aliphatic heterocycles. The van der Waals surface area contributed by atoms with Gasteiger partial charge in [0.15, 0.2) is 0 Å². The van der Waals surface area contributed by atoms with Gasteiger partial charge in [-0.05, 0) is 62.0 Å². The van der Waals surface area contributed by atoms with Gasteiger partial charge in [-0.15, -0.1) is 0 Å². The molecule has 2 aliphatic rings. The minimum absolute atomic E-state index is 0.0527. The predicted molar refractivity (Wildman–Crippen MR) is 136 cm³/mol. The second kappa shape index (κ2) is 9.97. The third-order valence-electron chi connectivity index (χ3n) is 6.09. The summed E-state index contributed by atoms with van der Waals surface area (Å²) in [5, 5.41) is 8.81. The lowest BCUT2D eigenvalue weighted by Crippen LogP contribution is -2.35. The molecule has 0 saturated heterocycles. The van der Waals surface area contributed by atoms with Crippen molar-refractivity contribution in [3.8, 4) is 0 Å². The molecule has 1 N–H and O–H groups in total. The zero-order valence-electron chi connectivity index (χ0n) is 19.3. The van der Waals surface area contributed by atoms with Crippen LogP contribution in [0.3, 0.4) is 0 Å². The van der Waals surface area contributed by atoms with E-state index >= 15 is 0 Å². The van der Waals surface area contributed by atoms with E-state index in [1.807, 2.05) is 43.9 Å². The first-order valence-electron chi connectivity index (χ1n) is 11.2. The Balaban J connectivity index is 1.40. The van der Waals surface area contributed by atoms with Crippen molar-refractivity contribution in [2.75, 3.05) is 20.1 Å². The summed E-state index contributed by atoms with van der Waals surface area (Å²) < 4.78 is 28.9. The van der Waals surface area contributed by atoms with Gasteiger partial charge in [0.25, 0.3) is 0 Å². The molecule has 1 atom stereocenters. The summed E-state index contributed by atoms with van der Waals surface area (Å²) in [6.45, 7) is 3.01. The lowest BCUT2D eigenvalue weighted by molar-refractivity contribution is 0.365. The summed E-state index contributed by atoms with van der Waals surface area (Å²) in [5.41, 5.74) is 4.15. The average Bonchev–Trinajstić information content (AvgIpc) is 3.18. The van der Waals surface area contributed by atoms with Crippen LogP contribution in [0, 0.1) is 6.92 Å². The number of fused-ring (bicyclic) bond motifs is 1. The molecule has 2 aromatic rings. The Morgan fingerprint density at radius 1 is 1.30 bits per heavy atom. The second-order valence-electron chi connectivity index (χ2n) is 8.59. The van der Waals surface area contributed by atoms with E-state index in [4.69, 9.17) is 16.6 Å². The highest BCUT2D eigenvalue weighted by atomic mass is 35.5. The Hall–Kier alpha value is -2.20. The van der Waals surface area contributed by atoms with Crippen molar-refractivity contribution in [1.82, 2.24) is 19.4 Å². The topological polar surface area (TPSA) is 79.6 Å². The summed E-state index contributed by atoms with van der Waals surface area (Å²) >= 11 is 6.47. The summed E-state index contributed by atoms with van der Waals surface area (Å²) in [5.74, 6) is 0.847. The molecule has 0 amide bonds. The summed E-state index contributed by atoms with van der Waals surface area (Å²) in [6, 6.07) is 6.95. The van der Waals surface area contributed by atoms with Crippen LogP contribution in [0.15, 0.2) is 63.1 Å². The van der Waals surface area contributed by atoms with Gasteiger partial charge in [-0.3, -0.25) is 5.32 Å². The molecule has 0 saturated carbocycles. The predicted octanol–water partition coefficient (Wildman–Crippen LogP) is 2.57. The van der Waals surface area contributed by atoms with E-state index in [1.165, 1.54) is 4.31 Å². The Morgan fingerprint density at radius 3 is 2.79 bits per heavy atom. The number of hydrogen-bond acceptors (Lipinski definition) is 5. The van der Waals surface area contributed by atoms with Crippen molar-refractivity contribution in [1.29, 1.82) is 0 Å². The maximum absolute atomic E-state index is 12.8. The van der Waals surface area contributed by atoms with Crippen LogP contribution in [0.1, 0.15) is 37.4 Å². The van der Waals surface area contributed by atoms with Gasteiger partial charge < -0.3 is 0 Å². The standard InChI is InChI=1S/C23H29BClN5O2S/c1-16-8-10-17(11-9-16)33(31,32)29(2)13-5-12-26-22-14-21(18-6-3-4-7-20(18)25)28-23-19(24)15-27-30(22)23/h4,7-11,15,22,26H,3,5-6,12-14,24H2,1-2H3. The number of sulfonamides is 1. The van der Waals surface area contributed by atoms with Crippen molar-refractivity contribution in [2.45, 2.75) is 43.7 Å². The summed E-state index contributed by atoms with van der Waals surface area (Å²) in [4.78, 5) is 5.19. The van der Waals surface area contributed by atoms with Crippen LogP contribution in [0.5, 0.6) is 0 Å². The number of halogens is 1. The number of nitrogens with zero attached hydrogens (tertiary/aromatic N) is 4. The van der Waals surface area contributed by atoms with Gasteiger partial charge in [-0.2, -0.15) is 5.10 Å². The van der Waals surface area contributed by atoms with Gasteiger partial charge >= 0.3 is 0 Å². The molecule has 174 valence electrons. The molecule has 33 heavy (non-hydrogen) atoms. The van der Waals surface area contributed by atoms with E-state index in [0.29, 0.717) is 30.8 Å². The number of aromatic nitrogens is 2. The molecule has 0 radical (unpaired) electrons. The van der Waals surface area contributed by atoms with Crippen LogP contribution >= 0.6 is 11.6 Å². The van der Waals surface area contributed by atoms with Crippen LogP contribution in [-0.4, -0.2) is 56.2 Å². The molecule has 1 aromatic heterocycles. The first kappa shape index (κ1) is 23.9. The molecule has 1 aromatic carbocycles. The first-order valence-corrected chi connectivity index (χ1v) is 13.0. The summed E-state index contributed by atoms with van der Waals surface area (Å²) in [7, 11) is 0.135. The number of nitrogens with one attached hydrogen (secondary N) is 1. The normalized spacial score (nSPS) is 18.5. The Morgan fingerprint density at radius 2 is 2.06 bits per heavy atom. The fourth-order valence-corrected chi connectivity index (χ4v) is 5.60. The van der Waals surface area contributed by atoms with Crippen molar-refractivity contribution in [3.05, 3.63) is 58.8 Å². The smallest absolute Gasteiger partial charge is 0.242 e. The zero-order chi connectivity index (χ0) is 23.6. The molecular weight excluding hydrogens is 457 g/mol. The Kier molecular flexibility index (Phi) is 7.23. The minimum atomic E-state index is -3.49. The fraction of sp³-hybridized carbons (Fsp3) is 0.391. The first-order chi connectivity index (χ1) is 15.8. The van der Waals surface area contributed by atoms with E-state index in [1.54, 1.807) is 19.2 Å². The van der Waals surface area contributed by atoms with Gasteiger partial charge in [-0.25, -0.2) is 22.4 Å². The van der Waals surface area contributed by atoms with Crippen molar-refractivity contribution in [3.63, 3.8) is 0 Å². The molecular formula is C23H29BClN5O2S. The van der Waals surface area contributed by atoms with Gasteiger partial charge in [0.1, 0.15) is 19.8 Å². The van der Waals surface area contributed by atoms with E-state index in [9.17, 15) is 8.42 Å². The van der Waals surface area contributed by atoms with Crippen LogP contribution in [0.4, 0.5) is 5.82 Å². The third-order valence-corrected chi connectivity index (χ3v) is 8.31. The van der Waals surface area contributed by atoms with Gasteiger partial charge in [-0.1, -0.05) is 35.4 Å². The summed E-state index contributed by atoms with van der Waals surface area (Å²) in [6.07, 6.45) is 9.02. The van der Waals surface area contributed by atoms with Crippen LogP contribution in [-0.2, 0) is 10.0 Å². The zero-order valence-corrected chi connectivity index (χ0v) is 20.8. The SMILES string of the molecule is Bc1cnn2c1N=C(C1=C(Cl)C=CCC1)CC2NCCCN(C)S(=O)(=O)c1ccc(C)cc1. The fourth-order valence-electron chi connectivity index (χ4n) is 4.10. The maximum atomic E-state index is 12.8. The van der Waals surface area contributed by atoms with Gasteiger partial charge in [0.2, 0.25) is 10.0 Å². The number of aliphatic imine (C=N–C) groups is 1. The largest absolute Gasteiger partial charge is 0.295 e. The van der Waals surface area contributed by atoms with Crippen LogP contribution in [0.2, 0.25) is 0 Å². The minimum Gasteiger partial charge on any atom is -0.295 e. The number of allylic oxidation sites excluding steroid dienone is 4. The molecule has 0 bridgehead atoms. The van der Waals surface area contributed by atoms with Crippen molar-refractivity contribution in [2.24, 2.45) is 4.99 Å². The van der Waals surface area contributed by atoms with Gasteiger partial charge in [0, 0.05) is 31.2 Å². The maximum Gasteiger partial charge on any atom is 0.242 e. The third kappa shape index (κ3) is 5.16. The highest BCUT2D eigenvalue weighted by Crippen LogP contribution is 2.31. The number of aryl methyl sites for hydroxylation is 1.